The van der Waals surface area contributed by atoms with Crippen LogP contribution >= 0.6 is 0 Å². The molecule has 0 fully saturated rings. The van der Waals surface area contributed by atoms with E-state index in [2.05, 4.69) is 0 Å². The molecule has 3 rings (SSSR count). The van der Waals surface area contributed by atoms with Crippen molar-refractivity contribution < 1.29 is 22.6 Å². The van der Waals surface area contributed by atoms with Crippen LogP contribution in [0.3, 0.4) is 0 Å². The number of nitrogens with two attached hydrogens (primary N) is 1. The van der Waals surface area contributed by atoms with Gasteiger partial charge in [-0.2, -0.15) is 8.42 Å². The first-order chi connectivity index (χ1) is 14.4. The SMILES string of the molecule is CCS(=O)(=O)[N+]1(c2ccc(Oc3ccccc3OC)cc2)C=C(CN)C=CC1OC. The molecule has 0 saturated carbocycles. The van der Waals surface area contributed by atoms with Crippen LogP contribution < -0.4 is 19.1 Å². The van der Waals surface area contributed by atoms with E-state index in [1.54, 1.807) is 68.8 Å². The third-order valence-electron chi connectivity index (χ3n) is 5.05. The lowest BCUT2D eigenvalue weighted by Crippen LogP contribution is -2.58. The molecule has 0 saturated heterocycles. The number of quaternary nitrogens is 1. The summed E-state index contributed by atoms with van der Waals surface area (Å²) in [7, 11) is -0.586. The monoisotopic (exact) mass is 431 g/mol. The molecule has 0 amide bonds. The zero-order valence-electron chi connectivity index (χ0n) is 17.3. The van der Waals surface area contributed by atoms with E-state index >= 15 is 0 Å². The third kappa shape index (κ3) is 3.87. The lowest BCUT2D eigenvalue weighted by atomic mass is 10.1. The highest BCUT2D eigenvalue weighted by molar-refractivity contribution is 7.91. The van der Waals surface area contributed by atoms with Crippen molar-refractivity contribution in [2.45, 2.75) is 13.2 Å². The Balaban J connectivity index is 2.06. The van der Waals surface area contributed by atoms with E-state index < -0.39 is 20.1 Å². The van der Waals surface area contributed by atoms with Gasteiger partial charge in [0.25, 0.3) is 0 Å². The van der Waals surface area contributed by atoms with E-state index in [1.807, 2.05) is 12.1 Å². The highest BCUT2D eigenvalue weighted by atomic mass is 32.2. The molecular weight excluding hydrogens is 404 g/mol. The molecule has 8 heteroatoms. The predicted molar refractivity (Wildman–Crippen MR) is 118 cm³/mol. The van der Waals surface area contributed by atoms with Crippen LogP contribution in [-0.4, -0.2) is 41.2 Å². The van der Waals surface area contributed by atoms with Crippen molar-refractivity contribution >= 4 is 15.7 Å². The minimum Gasteiger partial charge on any atom is -0.493 e. The van der Waals surface area contributed by atoms with Crippen molar-refractivity contribution in [2.24, 2.45) is 5.73 Å². The molecule has 2 aromatic rings. The molecule has 0 aromatic heterocycles. The highest BCUT2D eigenvalue weighted by Crippen LogP contribution is 2.39. The molecule has 1 aliphatic heterocycles. The second-order valence-electron chi connectivity index (χ2n) is 6.72. The third-order valence-corrected chi connectivity index (χ3v) is 7.22. The summed E-state index contributed by atoms with van der Waals surface area (Å²) in [5, 5.41) is 0. The maximum Gasteiger partial charge on any atom is 0.308 e. The first-order valence-electron chi connectivity index (χ1n) is 9.57. The molecule has 30 heavy (non-hydrogen) atoms. The molecule has 0 aliphatic carbocycles. The number of hydrogen-bond acceptors (Lipinski definition) is 6. The number of ether oxygens (including phenoxy) is 3. The first kappa shape index (κ1) is 22.0. The summed E-state index contributed by atoms with van der Waals surface area (Å²) in [6.45, 7) is 1.84. The Bertz CT molecular complexity index is 1050. The van der Waals surface area contributed by atoms with Gasteiger partial charge in [-0.1, -0.05) is 12.1 Å². The number of para-hydroxylation sites is 2. The van der Waals surface area contributed by atoms with Crippen LogP contribution in [0.2, 0.25) is 0 Å². The Morgan fingerprint density at radius 1 is 1.03 bits per heavy atom. The summed E-state index contributed by atoms with van der Waals surface area (Å²) in [5.41, 5.74) is 7.07. The smallest absolute Gasteiger partial charge is 0.308 e. The summed E-state index contributed by atoms with van der Waals surface area (Å²) in [6.07, 6.45) is 4.46. The Kier molecular flexibility index (Phi) is 6.62. The normalized spacial score (nSPS) is 21.2. The van der Waals surface area contributed by atoms with Crippen molar-refractivity contribution in [1.82, 2.24) is 3.89 Å². The number of hydrogen-bond donors (Lipinski definition) is 1. The predicted octanol–water partition coefficient (Wildman–Crippen LogP) is 3.53. The van der Waals surface area contributed by atoms with Crippen LogP contribution in [-0.2, 0) is 14.8 Å². The Labute approximate surface area is 177 Å². The quantitative estimate of drug-likeness (QED) is 0.644. The molecule has 2 N–H and O–H groups in total. The van der Waals surface area contributed by atoms with Gasteiger partial charge in [0.15, 0.2) is 17.2 Å². The van der Waals surface area contributed by atoms with Crippen LogP contribution in [0.4, 0.5) is 5.69 Å². The van der Waals surface area contributed by atoms with Crippen molar-refractivity contribution in [3.05, 3.63) is 72.5 Å². The Hall–Kier alpha value is -2.65. The van der Waals surface area contributed by atoms with Crippen molar-refractivity contribution in [3.63, 3.8) is 0 Å². The fraction of sp³-hybridized carbons (Fsp3) is 0.273. The minimum absolute atomic E-state index is 0.0610. The standard InChI is InChI=1S/C22H27N2O5S/c1-4-30(25,26)24(16-17(15-23)9-14-22(24)28-3)18-10-12-19(13-11-18)29-21-8-6-5-7-20(21)27-2/h5-14,16,22H,4,15,23H2,1-3H3/q+1. The molecule has 2 aromatic carbocycles. The molecule has 0 spiro atoms. The van der Waals surface area contributed by atoms with Crippen LogP contribution in [0, 0.1) is 0 Å². The molecule has 7 nitrogen and oxygen atoms in total. The van der Waals surface area contributed by atoms with Gasteiger partial charge in [0.1, 0.15) is 11.9 Å². The molecule has 1 aliphatic rings. The molecule has 2 unspecified atom stereocenters. The maximum absolute atomic E-state index is 13.3. The van der Waals surface area contributed by atoms with Gasteiger partial charge < -0.3 is 19.9 Å². The van der Waals surface area contributed by atoms with Gasteiger partial charge in [-0.3, -0.25) is 0 Å². The first-order valence-corrected chi connectivity index (χ1v) is 11.2. The molecule has 0 radical (unpaired) electrons. The summed E-state index contributed by atoms with van der Waals surface area (Å²) in [5.74, 6) is 1.67. The molecule has 1 heterocycles. The van der Waals surface area contributed by atoms with E-state index in [1.165, 1.54) is 7.11 Å². The number of sulfonamides is 1. The fourth-order valence-electron chi connectivity index (χ4n) is 3.46. The van der Waals surface area contributed by atoms with Crippen LogP contribution in [0.1, 0.15) is 6.92 Å². The highest BCUT2D eigenvalue weighted by Gasteiger charge is 2.49. The minimum atomic E-state index is -3.65. The van der Waals surface area contributed by atoms with Gasteiger partial charge >= 0.3 is 10.0 Å². The van der Waals surface area contributed by atoms with Gasteiger partial charge in [0, 0.05) is 37.4 Å². The van der Waals surface area contributed by atoms with E-state index in [0.717, 1.165) is 5.57 Å². The van der Waals surface area contributed by atoms with Crippen LogP contribution in [0.25, 0.3) is 0 Å². The van der Waals surface area contributed by atoms with Crippen LogP contribution in [0.5, 0.6) is 17.2 Å². The van der Waals surface area contributed by atoms with Gasteiger partial charge in [0.2, 0.25) is 6.23 Å². The van der Waals surface area contributed by atoms with Crippen LogP contribution in [0.15, 0.2) is 72.5 Å². The average Bonchev–Trinajstić information content (AvgIpc) is 2.79. The molecule has 2 atom stereocenters. The Morgan fingerprint density at radius 2 is 1.70 bits per heavy atom. The number of nitrogens with zero attached hydrogens (tertiary/aromatic N) is 1. The van der Waals surface area contributed by atoms with E-state index in [0.29, 0.717) is 22.9 Å². The summed E-state index contributed by atoms with van der Waals surface area (Å²) >= 11 is 0. The molecule has 0 bridgehead atoms. The summed E-state index contributed by atoms with van der Waals surface area (Å²) < 4.78 is 42.9. The van der Waals surface area contributed by atoms with Gasteiger partial charge in [-0.25, -0.2) is 0 Å². The number of methoxy groups -OCH3 is 2. The van der Waals surface area contributed by atoms with E-state index in [-0.39, 0.29) is 12.3 Å². The largest absolute Gasteiger partial charge is 0.493 e. The van der Waals surface area contributed by atoms with E-state index in [4.69, 9.17) is 19.9 Å². The lowest BCUT2D eigenvalue weighted by Gasteiger charge is -2.39. The van der Waals surface area contributed by atoms with Gasteiger partial charge in [-0.15, -0.1) is 3.89 Å². The lowest BCUT2D eigenvalue weighted by molar-refractivity contribution is 0.0747. The number of rotatable bonds is 8. The zero-order chi connectivity index (χ0) is 21.8. The van der Waals surface area contributed by atoms with Crippen molar-refractivity contribution in [3.8, 4) is 17.2 Å². The topological polar surface area (TPSA) is 87.9 Å². The van der Waals surface area contributed by atoms with E-state index in [9.17, 15) is 8.42 Å². The fourth-order valence-corrected chi connectivity index (χ4v) is 5.10. The van der Waals surface area contributed by atoms with Gasteiger partial charge in [-0.05, 0) is 37.3 Å². The molecule has 160 valence electrons. The second-order valence-corrected chi connectivity index (χ2v) is 9.07. The zero-order valence-corrected chi connectivity index (χ0v) is 18.1. The Morgan fingerprint density at radius 3 is 2.27 bits per heavy atom. The average molecular weight is 432 g/mol. The maximum atomic E-state index is 13.3. The molecular formula is C22H27N2O5S+. The van der Waals surface area contributed by atoms with Gasteiger partial charge in [0.05, 0.1) is 12.9 Å². The van der Waals surface area contributed by atoms with Crippen molar-refractivity contribution in [1.29, 1.82) is 0 Å². The summed E-state index contributed by atoms with van der Waals surface area (Å²) in [6, 6.07) is 14.2. The summed E-state index contributed by atoms with van der Waals surface area (Å²) in [4.78, 5) is 0. The number of benzene rings is 2. The van der Waals surface area contributed by atoms with Crippen molar-refractivity contribution in [2.75, 3.05) is 26.5 Å². The second kappa shape index (κ2) is 9.01.